The van der Waals surface area contributed by atoms with Crippen LogP contribution in [0.3, 0.4) is 0 Å². The van der Waals surface area contributed by atoms with Gasteiger partial charge in [0.25, 0.3) is 0 Å². The van der Waals surface area contributed by atoms with Crippen LogP contribution in [0, 0.1) is 11.8 Å². The molecule has 0 saturated carbocycles. The molecule has 3 fully saturated rings. The minimum atomic E-state index is -0.870. The highest BCUT2D eigenvalue weighted by atomic mass is 16.3. The van der Waals surface area contributed by atoms with E-state index in [1.165, 1.54) is 32.5 Å². The Morgan fingerprint density at radius 1 is 0.870 bits per heavy atom. The highest BCUT2D eigenvalue weighted by Gasteiger charge is 2.43. The lowest BCUT2D eigenvalue weighted by atomic mass is 9.70. The van der Waals surface area contributed by atoms with Crippen LogP contribution in [0.15, 0.2) is 60.7 Å². The van der Waals surface area contributed by atoms with Crippen molar-refractivity contribution in [3.05, 3.63) is 71.8 Å². The average Bonchev–Trinajstić information content (AvgIpc) is 2.64. The van der Waals surface area contributed by atoms with Gasteiger partial charge in [-0.05, 0) is 23.5 Å². The lowest BCUT2D eigenvalue weighted by Crippen LogP contribution is -3.15. The normalized spacial score (nSPS) is 27.1. The number of benzene rings is 2. The number of rotatable bonds is 4. The second-order valence-electron chi connectivity index (χ2n) is 7.35. The van der Waals surface area contributed by atoms with Crippen molar-refractivity contribution in [1.82, 2.24) is 0 Å². The third kappa shape index (κ3) is 2.82. The first kappa shape index (κ1) is 14.9. The first-order chi connectivity index (χ1) is 11.3. The van der Waals surface area contributed by atoms with E-state index in [1.807, 2.05) is 36.4 Å². The van der Waals surface area contributed by atoms with Crippen LogP contribution >= 0.6 is 0 Å². The Hall–Kier alpha value is -1.64. The fourth-order valence-corrected chi connectivity index (χ4v) is 4.71. The summed E-state index contributed by atoms with van der Waals surface area (Å²) in [7, 11) is 0. The molecule has 0 aromatic heterocycles. The molecule has 3 aliphatic rings. The fourth-order valence-electron chi connectivity index (χ4n) is 4.71. The summed E-state index contributed by atoms with van der Waals surface area (Å²) in [6.45, 7) is 3.89. The highest BCUT2D eigenvalue weighted by molar-refractivity contribution is 5.36. The maximum atomic E-state index is 11.7. The van der Waals surface area contributed by atoms with Gasteiger partial charge in [0.2, 0.25) is 0 Å². The monoisotopic (exact) mass is 308 g/mol. The molecule has 23 heavy (non-hydrogen) atoms. The Kier molecular flexibility index (Phi) is 3.96. The Balaban J connectivity index is 1.69. The highest BCUT2D eigenvalue weighted by Crippen LogP contribution is 2.39. The van der Waals surface area contributed by atoms with E-state index < -0.39 is 5.60 Å². The zero-order chi connectivity index (χ0) is 15.7. The maximum absolute atomic E-state index is 11.7. The number of hydrogen-bond donors (Lipinski definition) is 2. The Bertz CT molecular complexity index is 592. The molecule has 3 heterocycles. The quantitative estimate of drug-likeness (QED) is 0.889. The SMILES string of the molecule is OC(CC1C[NH+]2CCC1CC2)(c1ccccc1)c1ccccc1. The minimum absolute atomic E-state index is 0.623. The minimum Gasteiger partial charge on any atom is -0.380 e. The molecule has 0 radical (unpaired) electrons. The molecule has 1 unspecified atom stereocenters. The van der Waals surface area contributed by atoms with E-state index in [4.69, 9.17) is 0 Å². The van der Waals surface area contributed by atoms with Crippen molar-refractivity contribution < 1.29 is 10.0 Å². The van der Waals surface area contributed by atoms with E-state index in [1.54, 1.807) is 4.90 Å². The number of fused-ring (bicyclic) bond motifs is 3. The molecule has 120 valence electrons. The molecule has 3 aliphatic heterocycles. The van der Waals surface area contributed by atoms with Gasteiger partial charge in [-0.15, -0.1) is 0 Å². The smallest absolute Gasteiger partial charge is 0.115 e. The summed E-state index contributed by atoms with van der Waals surface area (Å²) < 4.78 is 0. The summed E-state index contributed by atoms with van der Waals surface area (Å²) in [6.07, 6.45) is 3.51. The number of piperidine rings is 3. The van der Waals surface area contributed by atoms with Crippen molar-refractivity contribution in [2.75, 3.05) is 19.6 Å². The van der Waals surface area contributed by atoms with Crippen LogP contribution in [0.25, 0.3) is 0 Å². The van der Waals surface area contributed by atoms with Crippen molar-refractivity contribution >= 4 is 0 Å². The van der Waals surface area contributed by atoms with Gasteiger partial charge < -0.3 is 10.0 Å². The van der Waals surface area contributed by atoms with Crippen LogP contribution in [-0.2, 0) is 5.60 Å². The van der Waals surface area contributed by atoms with Gasteiger partial charge in [-0.2, -0.15) is 0 Å². The summed E-state index contributed by atoms with van der Waals surface area (Å²) in [5.41, 5.74) is 1.18. The van der Waals surface area contributed by atoms with Gasteiger partial charge in [-0.1, -0.05) is 60.7 Å². The van der Waals surface area contributed by atoms with Crippen LogP contribution in [0.5, 0.6) is 0 Å². The van der Waals surface area contributed by atoms with Crippen LogP contribution < -0.4 is 4.90 Å². The summed E-state index contributed by atoms with van der Waals surface area (Å²) in [4.78, 5) is 1.74. The number of quaternary nitrogens is 1. The summed E-state index contributed by atoms with van der Waals surface area (Å²) >= 11 is 0. The van der Waals surface area contributed by atoms with E-state index in [2.05, 4.69) is 24.3 Å². The third-order valence-corrected chi connectivity index (χ3v) is 6.02. The van der Waals surface area contributed by atoms with Gasteiger partial charge in [0.15, 0.2) is 0 Å². The first-order valence-electron chi connectivity index (χ1n) is 8.93. The van der Waals surface area contributed by atoms with Crippen molar-refractivity contribution in [2.24, 2.45) is 11.8 Å². The van der Waals surface area contributed by atoms with Crippen LogP contribution in [-0.4, -0.2) is 24.7 Å². The van der Waals surface area contributed by atoms with Crippen molar-refractivity contribution in [3.8, 4) is 0 Å². The summed E-state index contributed by atoms with van der Waals surface area (Å²) in [6, 6.07) is 20.5. The largest absolute Gasteiger partial charge is 0.380 e. The Labute approximate surface area is 138 Å². The third-order valence-electron chi connectivity index (χ3n) is 6.02. The molecule has 5 rings (SSSR count). The predicted molar refractivity (Wildman–Crippen MR) is 92.3 cm³/mol. The van der Waals surface area contributed by atoms with Crippen LogP contribution in [0.4, 0.5) is 0 Å². The molecule has 0 aliphatic carbocycles. The number of hydrogen-bond acceptors (Lipinski definition) is 1. The zero-order valence-corrected chi connectivity index (χ0v) is 13.6. The van der Waals surface area contributed by atoms with Gasteiger partial charge in [-0.25, -0.2) is 0 Å². The van der Waals surface area contributed by atoms with Crippen molar-refractivity contribution in [1.29, 1.82) is 0 Å². The molecular formula is C21H26NO+. The van der Waals surface area contributed by atoms with E-state index in [0.29, 0.717) is 5.92 Å². The van der Waals surface area contributed by atoms with Crippen molar-refractivity contribution in [2.45, 2.75) is 24.9 Å². The van der Waals surface area contributed by atoms with Crippen LogP contribution in [0.2, 0.25) is 0 Å². The molecule has 0 amide bonds. The molecule has 3 saturated heterocycles. The summed E-state index contributed by atoms with van der Waals surface area (Å²) in [5.74, 6) is 1.42. The van der Waals surface area contributed by atoms with Crippen molar-refractivity contribution in [3.63, 3.8) is 0 Å². The Morgan fingerprint density at radius 3 is 1.83 bits per heavy atom. The summed E-state index contributed by atoms with van der Waals surface area (Å²) in [5, 5.41) is 11.7. The van der Waals surface area contributed by atoms with Gasteiger partial charge in [0, 0.05) is 18.8 Å². The van der Waals surface area contributed by atoms with Gasteiger partial charge >= 0.3 is 0 Å². The molecule has 2 bridgehead atoms. The second-order valence-corrected chi connectivity index (χ2v) is 7.35. The Morgan fingerprint density at radius 2 is 1.39 bits per heavy atom. The first-order valence-corrected chi connectivity index (χ1v) is 8.93. The topological polar surface area (TPSA) is 24.7 Å². The predicted octanol–water partition coefficient (Wildman–Crippen LogP) is 2.24. The number of aliphatic hydroxyl groups is 1. The van der Waals surface area contributed by atoms with Gasteiger partial charge in [0.05, 0.1) is 19.6 Å². The molecule has 2 nitrogen and oxygen atoms in total. The number of nitrogens with one attached hydrogen (secondary N) is 1. The molecular weight excluding hydrogens is 282 g/mol. The fraction of sp³-hybridized carbons (Fsp3) is 0.429. The molecule has 1 atom stereocenters. The van der Waals surface area contributed by atoms with Gasteiger partial charge in [-0.3, -0.25) is 0 Å². The second kappa shape index (κ2) is 6.10. The molecule has 0 spiro atoms. The van der Waals surface area contributed by atoms with E-state index in [-0.39, 0.29) is 0 Å². The average molecular weight is 308 g/mol. The van der Waals surface area contributed by atoms with Crippen LogP contribution in [0.1, 0.15) is 30.4 Å². The van der Waals surface area contributed by atoms with E-state index >= 15 is 0 Å². The zero-order valence-electron chi connectivity index (χ0n) is 13.6. The molecule has 2 aromatic carbocycles. The maximum Gasteiger partial charge on any atom is 0.115 e. The lowest BCUT2D eigenvalue weighted by molar-refractivity contribution is -0.921. The van der Waals surface area contributed by atoms with E-state index in [0.717, 1.165) is 23.5 Å². The molecule has 2 heteroatoms. The lowest BCUT2D eigenvalue weighted by Gasteiger charge is -2.45. The standard InChI is InChI=1S/C21H25NO/c23-21(19-7-3-1-4-8-19,20-9-5-2-6-10-20)15-18-16-22-13-11-17(18)12-14-22/h1-10,17-18,23H,11-16H2/p+1. The van der Waals surface area contributed by atoms with E-state index in [9.17, 15) is 5.11 Å². The molecule has 2 N–H and O–H groups in total. The van der Waals surface area contributed by atoms with Gasteiger partial charge in [0.1, 0.15) is 5.60 Å². The molecule has 2 aromatic rings.